The number of carboxylic acids is 1. The molecule has 26 heavy (non-hydrogen) atoms. The highest BCUT2D eigenvalue weighted by Gasteiger charge is 2.32. The molecule has 0 fully saturated rings. The van der Waals surface area contributed by atoms with Crippen LogP contribution in [0.5, 0.6) is 0 Å². The summed E-state index contributed by atoms with van der Waals surface area (Å²) >= 11 is 0. The Hall–Kier alpha value is -2.24. The molecule has 0 aromatic carbocycles. The zero-order valence-corrected chi connectivity index (χ0v) is 15.2. The molecule has 0 aliphatic heterocycles. The Labute approximate surface area is 151 Å². The molecule has 150 valence electrons. The molecule has 8 N–H and O–H groups in total. The van der Waals surface area contributed by atoms with Crippen molar-refractivity contribution < 1.29 is 34.5 Å². The van der Waals surface area contributed by atoms with Crippen molar-refractivity contribution in [3.8, 4) is 0 Å². The summed E-state index contributed by atoms with van der Waals surface area (Å²) in [5.74, 6) is -4.06. The van der Waals surface area contributed by atoms with Gasteiger partial charge in [-0.15, -0.1) is 0 Å². The maximum absolute atomic E-state index is 12.4. The minimum absolute atomic E-state index is 0.388. The van der Waals surface area contributed by atoms with E-state index in [9.17, 15) is 24.3 Å². The van der Waals surface area contributed by atoms with Gasteiger partial charge in [0.2, 0.25) is 17.7 Å². The molecule has 0 aromatic heterocycles. The van der Waals surface area contributed by atoms with Crippen LogP contribution in [0.15, 0.2) is 0 Å². The molecule has 11 nitrogen and oxygen atoms in total. The van der Waals surface area contributed by atoms with E-state index < -0.39 is 60.6 Å². The van der Waals surface area contributed by atoms with Crippen molar-refractivity contribution in [1.82, 2.24) is 16.0 Å². The second-order valence-electron chi connectivity index (χ2n) is 6.31. The van der Waals surface area contributed by atoms with E-state index in [1.54, 1.807) is 13.8 Å². The van der Waals surface area contributed by atoms with Crippen LogP contribution < -0.4 is 21.7 Å². The van der Waals surface area contributed by atoms with Gasteiger partial charge < -0.3 is 37.0 Å². The van der Waals surface area contributed by atoms with Gasteiger partial charge >= 0.3 is 5.97 Å². The number of carboxylic acid groups (broad SMARTS) is 1. The van der Waals surface area contributed by atoms with Gasteiger partial charge in [-0.3, -0.25) is 19.2 Å². The standard InChI is InChI=1S/C15H28N4O7/c1-6(2)10(18-12(22)9(16)5-20)13(23)19-11(8(4)21)14(24)17-7(3)15(25)26/h6-11,20-21H,5,16H2,1-4H3,(H,17,24)(H,18,22)(H,19,23)(H,25,26). The Bertz CT molecular complexity index is 524. The van der Waals surface area contributed by atoms with Gasteiger partial charge in [0.25, 0.3) is 0 Å². The molecule has 3 amide bonds. The first-order chi connectivity index (χ1) is 11.9. The van der Waals surface area contributed by atoms with E-state index in [-0.39, 0.29) is 5.92 Å². The molecule has 0 saturated carbocycles. The monoisotopic (exact) mass is 376 g/mol. The normalized spacial score (nSPS) is 16.8. The lowest BCUT2D eigenvalue weighted by atomic mass is 10.0. The number of carbonyl (C=O) groups is 4. The Kier molecular flexibility index (Phi) is 9.76. The van der Waals surface area contributed by atoms with Crippen LogP contribution in [-0.2, 0) is 19.2 Å². The zero-order valence-electron chi connectivity index (χ0n) is 15.2. The van der Waals surface area contributed by atoms with Crippen LogP contribution in [-0.4, -0.2) is 75.9 Å². The molecule has 0 aromatic rings. The highest BCUT2D eigenvalue weighted by molar-refractivity contribution is 5.94. The van der Waals surface area contributed by atoms with E-state index in [1.165, 1.54) is 13.8 Å². The van der Waals surface area contributed by atoms with Crippen LogP contribution in [0.2, 0.25) is 0 Å². The Morgan fingerprint density at radius 3 is 1.73 bits per heavy atom. The van der Waals surface area contributed by atoms with Crippen molar-refractivity contribution >= 4 is 23.7 Å². The predicted molar refractivity (Wildman–Crippen MR) is 90.7 cm³/mol. The summed E-state index contributed by atoms with van der Waals surface area (Å²) in [6, 6.07) is -4.93. The van der Waals surface area contributed by atoms with E-state index >= 15 is 0 Å². The van der Waals surface area contributed by atoms with Crippen LogP contribution in [0.4, 0.5) is 0 Å². The van der Waals surface area contributed by atoms with E-state index in [2.05, 4.69) is 16.0 Å². The first-order valence-electron chi connectivity index (χ1n) is 8.10. The molecule has 0 spiro atoms. The molecule has 0 saturated heterocycles. The Morgan fingerprint density at radius 2 is 1.35 bits per heavy atom. The molecule has 5 unspecified atom stereocenters. The summed E-state index contributed by atoms with van der Waals surface area (Å²) in [5.41, 5.74) is 5.39. The molecule has 0 rings (SSSR count). The van der Waals surface area contributed by atoms with Crippen LogP contribution in [0.1, 0.15) is 27.7 Å². The van der Waals surface area contributed by atoms with Crippen molar-refractivity contribution in [3.05, 3.63) is 0 Å². The van der Waals surface area contributed by atoms with Crippen LogP contribution in [0, 0.1) is 5.92 Å². The van der Waals surface area contributed by atoms with E-state index in [4.69, 9.17) is 15.9 Å². The summed E-state index contributed by atoms with van der Waals surface area (Å²) < 4.78 is 0. The van der Waals surface area contributed by atoms with Crippen molar-refractivity contribution in [1.29, 1.82) is 0 Å². The topological polar surface area (TPSA) is 191 Å². The van der Waals surface area contributed by atoms with Gasteiger partial charge in [-0.1, -0.05) is 13.8 Å². The summed E-state index contributed by atoms with van der Waals surface area (Å²) in [6.45, 7) is 5.15. The molecule has 0 aliphatic rings. The fourth-order valence-corrected chi connectivity index (χ4v) is 1.89. The number of carbonyl (C=O) groups excluding carboxylic acids is 3. The third kappa shape index (κ3) is 7.33. The molecule has 5 atom stereocenters. The maximum Gasteiger partial charge on any atom is 0.325 e. The fourth-order valence-electron chi connectivity index (χ4n) is 1.89. The summed E-state index contributed by atoms with van der Waals surface area (Å²) in [6.07, 6.45) is -1.32. The zero-order chi connectivity index (χ0) is 20.6. The van der Waals surface area contributed by atoms with E-state index in [0.29, 0.717) is 0 Å². The minimum atomic E-state index is -1.42. The second-order valence-corrected chi connectivity index (χ2v) is 6.31. The summed E-state index contributed by atoms with van der Waals surface area (Å²) in [7, 11) is 0. The van der Waals surface area contributed by atoms with Gasteiger partial charge in [0, 0.05) is 0 Å². The Morgan fingerprint density at radius 1 is 0.885 bits per heavy atom. The van der Waals surface area contributed by atoms with Gasteiger partial charge in [-0.25, -0.2) is 0 Å². The smallest absolute Gasteiger partial charge is 0.325 e. The third-order valence-electron chi connectivity index (χ3n) is 3.57. The lowest BCUT2D eigenvalue weighted by molar-refractivity contribution is -0.142. The van der Waals surface area contributed by atoms with Crippen LogP contribution in [0.25, 0.3) is 0 Å². The quantitative estimate of drug-likeness (QED) is 0.208. The van der Waals surface area contributed by atoms with Gasteiger partial charge in [0.1, 0.15) is 24.2 Å². The summed E-state index contributed by atoms with van der Waals surface area (Å²) in [5, 5.41) is 34.3. The average Bonchev–Trinajstić information content (AvgIpc) is 2.55. The van der Waals surface area contributed by atoms with Crippen molar-refractivity contribution in [2.24, 2.45) is 11.7 Å². The predicted octanol–water partition coefficient (Wildman–Crippen LogP) is -3.10. The minimum Gasteiger partial charge on any atom is -0.480 e. The number of hydrogen-bond acceptors (Lipinski definition) is 7. The fraction of sp³-hybridized carbons (Fsp3) is 0.733. The first-order valence-corrected chi connectivity index (χ1v) is 8.10. The summed E-state index contributed by atoms with van der Waals surface area (Å²) in [4.78, 5) is 47.2. The molecule has 0 radical (unpaired) electrons. The molecule has 0 bridgehead atoms. The Balaban J connectivity index is 5.17. The van der Waals surface area contributed by atoms with Gasteiger partial charge in [0.15, 0.2) is 0 Å². The largest absolute Gasteiger partial charge is 0.480 e. The van der Waals surface area contributed by atoms with Crippen molar-refractivity contribution in [2.75, 3.05) is 6.61 Å². The number of nitrogens with one attached hydrogen (secondary N) is 3. The number of aliphatic hydroxyl groups is 2. The van der Waals surface area contributed by atoms with Crippen molar-refractivity contribution in [2.45, 2.75) is 58.0 Å². The van der Waals surface area contributed by atoms with Gasteiger partial charge in [-0.05, 0) is 19.8 Å². The van der Waals surface area contributed by atoms with E-state index in [0.717, 1.165) is 0 Å². The highest BCUT2D eigenvalue weighted by atomic mass is 16.4. The lowest BCUT2D eigenvalue weighted by Crippen LogP contribution is -2.60. The highest BCUT2D eigenvalue weighted by Crippen LogP contribution is 2.04. The lowest BCUT2D eigenvalue weighted by Gasteiger charge is -2.27. The SMILES string of the molecule is CC(NC(=O)C(NC(=O)C(NC(=O)C(N)CO)C(C)C)C(C)O)C(=O)O. The number of rotatable bonds is 10. The number of nitrogens with two attached hydrogens (primary N) is 1. The maximum atomic E-state index is 12.4. The molecule has 0 aliphatic carbocycles. The van der Waals surface area contributed by atoms with Gasteiger partial charge in [0.05, 0.1) is 12.7 Å². The molecular weight excluding hydrogens is 348 g/mol. The van der Waals surface area contributed by atoms with Crippen LogP contribution in [0.3, 0.4) is 0 Å². The second kappa shape index (κ2) is 10.7. The molecule has 11 heteroatoms. The number of aliphatic carboxylic acids is 1. The van der Waals surface area contributed by atoms with Crippen LogP contribution >= 0.6 is 0 Å². The van der Waals surface area contributed by atoms with E-state index in [1.807, 2.05) is 0 Å². The number of hydrogen-bond donors (Lipinski definition) is 7. The van der Waals surface area contributed by atoms with Gasteiger partial charge in [-0.2, -0.15) is 0 Å². The molecule has 0 heterocycles. The molecular formula is C15H28N4O7. The van der Waals surface area contributed by atoms with Crippen molar-refractivity contribution in [3.63, 3.8) is 0 Å². The number of amides is 3. The average molecular weight is 376 g/mol. The first kappa shape index (κ1) is 23.8. The third-order valence-corrected chi connectivity index (χ3v) is 3.57. The number of aliphatic hydroxyl groups excluding tert-OH is 2.